The van der Waals surface area contributed by atoms with E-state index in [0.29, 0.717) is 0 Å². The van der Waals surface area contributed by atoms with Gasteiger partial charge in [0.25, 0.3) is 0 Å². The molecule has 64 valence electrons. The molecule has 0 saturated carbocycles. The van der Waals surface area contributed by atoms with Crippen LogP contribution in [0.3, 0.4) is 0 Å². The fourth-order valence-electron chi connectivity index (χ4n) is 1.38. The van der Waals surface area contributed by atoms with Crippen LogP contribution in [-0.4, -0.2) is 17.2 Å². The summed E-state index contributed by atoms with van der Waals surface area (Å²) in [4.78, 5) is 0. The van der Waals surface area contributed by atoms with Gasteiger partial charge in [-0.1, -0.05) is 30.1 Å². The van der Waals surface area contributed by atoms with Gasteiger partial charge in [0.15, 0.2) is 0 Å². The van der Waals surface area contributed by atoms with Crippen molar-refractivity contribution in [3.63, 3.8) is 0 Å². The Balaban J connectivity index is 2.23. The number of para-hydroxylation sites is 1. The molecule has 0 aliphatic carbocycles. The van der Waals surface area contributed by atoms with Crippen molar-refractivity contribution < 1.29 is 0 Å². The number of rotatable bonds is 1. The van der Waals surface area contributed by atoms with Crippen molar-refractivity contribution in [3.05, 3.63) is 29.8 Å². The fourth-order valence-corrected chi connectivity index (χ4v) is 1.84. The first-order valence-corrected chi connectivity index (χ1v) is 5.19. The third kappa shape index (κ3) is 1.42. The minimum absolute atomic E-state index is 0.943. The van der Waals surface area contributed by atoms with Crippen LogP contribution in [0, 0.1) is 0 Å². The molecule has 12 heavy (non-hydrogen) atoms. The van der Waals surface area contributed by atoms with Crippen molar-refractivity contribution in [1.82, 2.24) is 4.31 Å². The Kier molecular flexibility index (Phi) is 2.23. The summed E-state index contributed by atoms with van der Waals surface area (Å²) >= 11 is 1.78. The Labute approximate surface area is 77.1 Å². The summed E-state index contributed by atoms with van der Waals surface area (Å²) in [5.74, 6) is 0. The lowest BCUT2D eigenvalue weighted by Gasteiger charge is -2.27. The van der Waals surface area contributed by atoms with E-state index in [1.54, 1.807) is 11.9 Å². The maximum atomic E-state index is 3.37. The van der Waals surface area contributed by atoms with E-state index in [9.17, 15) is 0 Å². The van der Waals surface area contributed by atoms with Gasteiger partial charge in [0.1, 0.15) is 0 Å². The first kappa shape index (κ1) is 7.95. The molecule has 1 aromatic carbocycles. The first-order chi connectivity index (χ1) is 5.90. The molecule has 0 fully saturated rings. The largest absolute Gasteiger partial charge is 0.371 e. The highest BCUT2D eigenvalue weighted by molar-refractivity contribution is 7.96. The standard InChI is InChI=1S/C9H12N2S/c1-12-11-6-8-4-2-3-5-9(8)10-7-11/h2-5,10H,6-7H2,1H3. The molecule has 1 heterocycles. The van der Waals surface area contributed by atoms with Crippen LogP contribution in [0.1, 0.15) is 5.56 Å². The smallest absolute Gasteiger partial charge is 0.0779 e. The van der Waals surface area contributed by atoms with E-state index in [4.69, 9.17) is 0 Å². The van der Waals surface area contributed by atoms with Crippen LogP contribution in [0.25, 0.3) is 0 Å². The van der Waals surface area contributed by atoms with E-state index in [1.165, 1.54) is 11.3 Å². The summed E-state index contributed by atoms with van der Waals surface area (Å²) in [6.45, 7) is 1.99. The van der Waals surface area contributed by atoms with Gasteiger partial charge < -0.3 is 5.32 Å². The highest BCUT2D eigenvalue weighted by Gasteiger charge is 2.12. The van der Waals surface area contributed by atoms with Crippen molar-refractivity contribution >= 4 is 17.6 Å². The molecule has 0 spiro atoms. The number of benzene rings is 1. The van der Waals surface area contributed by atoms with E-state index in [1.807, 2.05) is 0 Å². The van der Waals surface area contributed by atoms with Crippen molar-refractivity contribution in [2.24, 2.45) is 0 Å². The molecule has 1 aromatic rings. The summed E-state index contributed by atoms with van der Waals surface area (Å²) in [5.41, 5.74) is 2.67. The zero-order valence-electron chi connectivity index (χ0n) is 7.08. The third-order valence-corrected chi connectivity index (χ3v) is 2.84. The van der Waals surface area contributed by atoms with Crippen molar-refractivity contribution in [2.75, 3.05) is 18.2 Å². The highest BCUT2D eigenvalue weighted by atomic mass is 32.2. The lowest BCUT2D eigenvalue weighted by molar-refractivity contribution is 0.486. The van der Waals surface area contributed by atoms with Gasteiger partial charge in [0, 0.05) is 12.2 Å². The second kappa shape index (κ2) is 3.37. The van der Waals surface area contributed by atoms with Crippen LogP contribution in [0.15, 0.2) is 24.3 Å². The number of anilines is 1. The summed E-state index contributed by atoms with van der Waals surface area (Å²) in [5, 5.41) is 3.37. The second-order valence-corrected chi connectivity index (χ2v) is 3.70. The Morgan fingerprint density at radius 3 is 3.08 bits per heavy atom. The summed E-state index contributed by atoms with van der Waals surface area (Å²) in [7, 11) is 0. The molecular weight excluding hydrogens is 168 g/mol. The van der Waals surface area contributed by atoms with Gasteiger partial charge in [0.05, 0.1) is 6.67 Å². The van der Waals surface area contributed by atoms with Crippen LogP contribution < -0.4 is 5.32 Å². The molecule has 2 nitrogen and oxygen atoms in total. The quantitative estimate of drug-likeness (QED) is 0.667. The number of nitrogens with zero attached hydrogens (tertiary/aromatic N) is 1. The molecule has 0 aromatic heterocycles. The predicted molar refractivity (Wildman–Crippen MR) is 54.0 cm³/mol. The van der Waals surface area contributed by atoms with Gasteiger partial charge in [-0.25, -0.2) is 4.31 Å². The zero-order valence-corrected chi connectivity index (χ0v) is 7.90. The monoisotopic (exact) mass is 180 g/mol. The lowest BCUT2D eigenvalue weighted by atomic mass is 10.1. The number of fused-ring (bicyclic) bond motifs is 1. The van der Waals surface area contributed by atoms with E-state index in [2.05, 4.69) is 40.1 Å². The Bertz CT molecular complexity index is 275. The zero-order chi connectivity index (χ0) is 8.39. The molecule has 0 saturated heterocycles. The molecule has 0 bridgehead atoms. The first-order valence-electron chi connectivity index (χ1n) is 4.01. The summed E-state index contributed by atoms with van der Waals surface area (Å²) in [6, 6.07) is 8.46. The van der Waals surface area contributed by atoms with Gasteiger partial charge in [-0.2, -0.15) is 0 Å². The van der Waals surface area contributed by atoms with Gasteiger partial charge in [-0.15, -0.1) is 0 Å². The third-order valence-electron chi connectivity index (χ3n) is 2.07. The molecule has 2 rings (SSSR count). The van der Waals surface area contributed by atoms with Crippen molar-refractivity contribution in [1.29, 1.82) is 0 Å². The molecule has 1 aliphatic heterocycles. The van der Waals surface area contributed by atoms with Gasteiger partial charge in [0.2, 0.25) is 0 Å². The number of hydrogen-bond acceptors (Lipinski definition) is 3. The molecule has 3 heteroatoms. The van der Waals surface area contributed by atoms with E-state index >= 15 is 0 Å². The Morgan fingerprint density at radius 2 is 2.25 bits per heavy atom. The highest BCUT2D eigenvalue weighted by Crippen LogP contribution is 2.24. The minimum atomic E-state index is 0.943. The van der Waals surface area contributed by atoms with Crippen LogP contribution >= 0.6 is 11.9 Å². The molecule has 0 atom stereocenters. The molecule has 0 unspecified atom stereocenters. The topological polar surface area (TPSA) is 15.3 Å². The lowest BCUT2D eigenvalue weighted by Crippen LogP contribution is -2.27. The molecule has 0 amide bonds. The maximum absolute atomic E-state index is 3.37. The Morgan fingerprint density at radius 1 is 1.42 bits per heavy atom. The fraction of sp³-hybridized carbons (Fsp3) is 0.333. The predicted octanol–water partition coefficient (Wildman–Crippen LogP) is 2.15. The Hall–Kier alpha value is -0.670. The summed E-state index contributed by atoms with van der Waals surface area (Å²) in [6.07, 6.45) is 2.11. The summed E-state index contributed by atoms with van der Waals surface area (Å²) < 4.78 is 2.29. The van der Waals surface area contributed by atoms with Gasteiger partial charge in [-0.05, 0) is 17.9 Å². The van der Waals surface area contributed by atoms with Crippen molar-refractivity contribution in [2.45, 2.75) is 6.54 Å². The average molecular weight is 180 g/mol. The van der Waals surface area contributed by atoms with Crippen LogP contribution in [0.5, 0.6) is 0 Å². The molecule has 1 N–H and O–H groups in total. The van der Waals surface area contributed by atoms with E-state index in [0.717, 1.165) is 13.2 Å². The van der Waals surface area contributed by atoms with Crippen LogP contribution in [-0.2, 0) is 6.54 Å². The normalized spacial score (nSPS) is 16.8. The average Bonchev–Trinajstić information content (AvgIpc) is 2.17. The molecular formula is C9H12N2S. The SMILES string of the molecule is CSN1CNc2ccccc2C1. The maximum Gasteiger partial charge on any atom is 0.0779 e. The number of hydrogen-bond donors (Lipinski definition) is 1. The van der Waals surface area contributed by atoms with Crippen LogP contribution in [0.4, 0.5) is 5.69 Å². The van der Waals surface area contributed by atoms with Crippen molar-refractivity contribution in [3.8, 4) is 0 Å². The second-order valence-electron chi connectivity index (χ2n) is 2.81. The molecule has 1 aliphatic rings. The van der Waals surface area contributed by atoms with Gasteiger partial charge >= 0.3 is 0 Å². The number of nitrogens with one attached hydrogen (secondary N) is 1. The van der Waals surface area contributed by atoms with Gasteiger partial charge in [-0.3, -0.25) is 0 Å². The minimum Gasteiger partial charge on any atom is -0.371 e. The van der Waals surface area contributed by atoms with Crippen LogP contribution in [0.2, 0.25) is 0 Å². The molecule has 0 radical (unpaired) electrons. The van der Waals surface area contributed by atoms with E-state index < -0.39 is 0 Å². The van der Waals surface area contributed by atoms with E-state index in [-0.39, 0.29) is 0 Å².